The van der Waals surface area contributed by atoms with Crippen molar-refractivity contribution in [1.82, 2.24) is 20.2 Å². The van der Waals surface area contributed by atoms with Crippen molar-refractivity contribution in [3.63, 3.8) is 0 Å². The molecule has 11 nitrogen and oxygen atoms in total. The predicted molar refractivity (Wildman–Crippen MR) is 117 cm³/mol. The summed E-state index contributed by atoms with van der Waals surface area (Å²) < 4.78 is 0. The molecule has 0 fully saturated rings. The van der Waals surface area contributed by atoms with Crippen LogP contribution in [0.1, 0.15) is 29.8 Å². The maximum absolute atomic E-state index is 12.7. The number of benzene rings is 2. The average molecular weight is 444 g/mol. The molecule has 3 aromatic rings. The molecule has 1 aromatic heterocycles. The van der Waals surface area contributed by atoms with Crippen LogP contribution in [-0.4, -0.2) is 66.8 Å². The second-order valence-electron chi connectivity index (χ2n) is 7.42. The molecule has 32 heavy (non-hydrogen) atoms. The van der Waals surface area contributed by atoms with E-state index in [9.17, 15) is 34.8 Å². The van der Waals surface area contributed by atoms with Gasteiger partial charge in [-0.2, -0.15) is 0 Å². The number of nitrogens with zero attached hydrogens (tertiary/aromatic N) is 2. The SMILES string of the molecule is Cc1c(O)/c(=C\NCCN(C(C)O)C(C)O)c2nc3c(=O)ccc(C(=O)O)c3[nH]c2c1=O. The summed E-state index contributed by atoms with van der Waals surface area (Å²) in [5, 5.41) is 42.5. The number of aromatic nitrogens is 2. The van der Waals surface area contributed by atoms with E-state index in [0.717, 1.165) is 12.1 Å². The number of aliphatic hydroxyl groups is 2. The average Bonchev–Trinajstić information content (AvgIpc) is 2.72. The van der Waals surface area contributed by atoms with Crippen LogP contribution in [0, 0.1) is 6.92 Å². The summed E-state index contributed by atoms with van der Waals surface area (Å²) in [6, 6.07) is 2.21. The number of hydrogen-bond acceptors (Lipinski definition) is 9. The Morgan fingerprint density at radius 2 is 1.84 bits per heavy atom. The third-order valence-corrected chi connectivity index (χ3v) is 5.24. The van der Waals surface area contributed by atoms with E-state index in [2.05, 4.69) is 15.3 Å². The van der Waals surface area contributed by atoms with Gasteiger partial charge >= 0.3 is 5.97 Å². The van der Waals surface area contributed by atoms with Gasteiger partial charge in [0.05, 0.1) is 16.3 Å². The number of H-pyrrole nitrogens is 1. The molecule has 2 aromatic carbocycles. The Labute approximate surface area is 181 Å². The number of carboxylic acids is 1. The van der Waals surface area contributed by atoms with E-state index < -0.39 is 29.3 Å². The molecule has 0 radical (unpaired) electrons. The quantitative estimate of drug-likeness (QED) is 0.153. The Morgan fingerprint density at radius 1 is 1.19 bits per heavy atom. The summed E-state index contributed by atoms with van der Waals surface area (Å²) >= 11 is 0. The molecule has 2 unspecified atom stereocenters. The lowest BCUT2D eigenvalue weighted by molar-refractivity contribution is -0.0824. The van der Waals surface area contributed by atoms with Crippen molar-refractivity contribution in [2.24, 2.45) is 0 Å². The topological polar surface area (TPSA) is 176 Å². The summed E-state index contributed by atoms with van der Waals surface area (Å²) in [6.45, 7) is 4.98. The molecule has 0 saturated heterocycles. The number of nitrogens with one attached hydrogen (secondary N) is 2. The second kappa shape index (κ2) is 8.91. The third-order valence-electron chi connectivity index (χ3n) is 5.24. The number of phenols is 1. The Balaban J connectivity index is 2.18. The number of fused-ring (bicyclic) bond motifs is 2. The molecule has 3 rings (SSSR count). The Morgan fingerprint density at radius 3 is 2.44 bits per heavy atom. The standard InChI is InChI=1S/C21H24N4O7/c1-9-19(29)13(8-22-6-7-25(10(2)26)11(3)27)16-18(20(9)30)24-15-12(21(31)32)4-5-14(28)17(15)23-16/h4-5,8,10-11,22,24,26-27,29H,6-7H2,1-3H3,(H,31,32)/b13-8-. The number of hydrogen-bond donors (Lipinski definition) is 6. The van der Waals surface area contributed by atoms with Crippen molar-refractivity contribution in [3.8, 4) is 5.75 Å². The Bertz CT molecular complexity index is 1360. The highest BCUT2D eigenvalue weighted by atomic mass is 16.4. The maximum atomic E-state index is 12.7. The van der Waals surface area contributed by atoms with Gasteiger partial charge in [0.1, 0.15) is 34.8 Å². The fourth-order valence-electron chi connectivity index (χ4n) is 3.50. The first-order valence-corrected chi connectivity index (χ1v) is 9.85. The second-order valence-corrected chi connectivity index (χ2v) is 7.42. The number of phenolic OH excluding ortho intramolecular Hbond substituents is 1. The zero-order valence-corrected chi connectivity index (χ0v) is 17.7. The number of carboxylic acid groups (broad SMARTS) is 1. The summed E-state index contributed by atoms with van der Waals surface area (Å²) in [5.74, 6) is -1.62. The van der Waals surface area contributed by atoms with Gasteiger partial charge in [-0.05, 0) is 32.9 Å². The maximum Gasteiger partial charge on any atom is 0.337 e. The molecule has 2 atom stereocenters. The molecule has 0 spiro atoms. The van der Waals surface area contributed by atoms with Gasteiger partial charge in [0.15, 0.2) is 0 Å². The van der Waals surface area contributed by atoms with Crippen LogP contribution in [0.2, 0.25) is 0 Å². The molecule has 11 heteroatoms. The van der Waals surface area contributed by atoms with Crippen LogP contribution in [0.25, 0.3) is 28.3 Å². The largest absolute Gasteiger partial charge is 0.507 e. The summed E-state index contributed by atoms with van der Waals surface area (Å²) in [4.78, 5) is 44.9. The molecular formula is C21H24N4O7. The minimum atomic E-state index is -1.29. The van der Waals surface area contributed by atoms with Crippen LogP contribution in [-0.2, 0) is 0 Å². The van der Waals surface area contributed by atoms with Crippen LogP contribution < -0.4 is 21.4 Å². The van der Waals surface area contributed by atoms with E-state index in [1.807, 2.05) is 0 Å². The monoisotopic (exact) mass is 444 g/mol. The number of rotatable bonds is 7. The number of aromatic carboxylic acids is 1. The summed E-state index contributed by atoms with van der Waals surface area (Å²) in [5.41, 5.74) is -1.62. The lowest BCUT2D eigenvalue weighted by atomic mass is 10.1. The number of aromatic hydroxyl groups is 1. The molecule has 0 bridgehead atoms. The lowest BCUT2D eigenvalue weighted by Gasteiger charge is -2.27. The van der Waals surface area contributed by atoms with Gasteiger partial charge in [0.25, 0.3) is 0 Å². The lowest BCUT2D eigenvalue weighted by Crippen LogP contribution is -2.43. The van der Waals surface area contributed by atoms with Crippen molar-refractivity contribution in [1.29, 1.82) is 0 Å². The molecule has 0 amide bonds. The van der Waals surface area contributed by atoms with Crippen LogP contribution >= 0.6 is 0 Å². The first-order chi connectivity index (χ1) is 15.0. The molecule has 6 N–H and O–H groups in total. The van der Waals surface area contributed by atoms with Gasteiger partial charge in [-0.25, -0.2) is 9.78 Å². The smallest absolute Gasteiger partial charge is 0.337 e. The van der Waals surface area contributed by atoms with Crippen molar-refractivity contribution < 1.29 is 25.2 Å². The normalized spacial score (nSPS) is 14.2. The number of aromatic amines is 1. The fourth-order valence-corrected chi connectivity index (χ4v) is 3.50. The van der Waals surface area contributed by atoms with Crippen molar-refractivity contribution >= 4 is 34.2 Å². The molecule has 0 aliphatic rings. The van der Waals surface area contributed by atoms with Crippen LogP contribution in [0.3, 0.4) is 0 Å². The van der Waals surface area contributed by atoms with Gasteiger partial charge in [0, 0.05) is 24.9 Å². The van der Waals surface area contributed by atoms with Crippen LogP contribution in [0.5, 0.6) is 5.75 Å². The van der Waals surface area contributed by atoms with E-state index in [-0.39, 0.29) is 57.3 Å². The molecule has 0 saturated carbocycles. The van der Waals surface area contributed by atoms with E-state index in [1.165, 1.54) is 31.9 Å². The van der Waals surface area contributed by atoms with E-state index >= 15 is 0 Å². The molecule has 1 heterocycles. The number of carbonyl (C=O) groups is 1. The predicted octanol–water partition coefficient (Wildman–Crippen LogP) is -0.826. The van der Waals surface area contributed by atoms with E-state index in [0.29, 0.717) is 0 Å². The highest BCUT2D eigenvalue weighted by Crippen LogP contribution is 2.17. The van der Waals surface area contributed by atoms with Crippen molar-refractivity contribution in [2.75, 3.05) is 13.1 Å². The Kier molecular flexibility index (Phi) is 6.44. The highest BCUT2D eigenvalue weighted by Gasteiger charge is 2.18. The van der Waals surface area contributed by atoms with E-state index in [1.54, 1.807) is 0 Å². The van der Waals surface area contributed by atoms with Crippen molar-refractivity contribution in [2.45, 2.75) is 33.2 Å². The number of aliphatic hydroxyl groups excluding tert-OH is 2. The molecule has 0 aliphatic carbocycles. The Hall–Kier alpha value is -3.54. The minimum absolute atomic E-state index is 0.000599. The van der Waals surface area contributed by atoms with Gasteiger partial charge < -0.3 is 30.7 Å². The van der Waals surface area contributed by atoms with Crippen molar-refractivity contribution in [3.05, 3.63) is 48.9 Å². The zero-order chi connectivity index (χ0) is 23.7. The first kappa shape index (κ1) is 23.1. The van der Waals surface area contributed by atoms with Gasteiger partial charge in [-0.15, -0.1) is 0 Å². The first-order valence-electron chi connectivity index (χ1n) is 9.85. The van der Waals surface area contributed by atoms with Gasteiger partial charge in [-0.3, -0.25) is 14.5 Å². The molecular weight excluding hydrogens is 420 g/mol. The minimum Gasteiger partial charge on any atom is -0.507 e. The molecule has 0 aliphatic heterocycles. The van der Waals surface area contributed by atoms with Gasteiger partial charge in [-0.1, -0.05) is 0 Å². The van der Waals surface area contributed by atoms with Crippen LogP contribution in [0.15, 0.2) is 21.7 Å². The fraction of sp³-hybridized carbons (Fsp3) is 0.333. The van der Waals surface area contributed by atoms with E-state index in [4.69, 9.17) is 0 Å². The third kappa shape index (κ3) is 4.13. The zero-order valence-electron chi connectivity index (χ0n) is 17.7. The molecule has 170 valence electrons. The van der Waals surface area contributed by atoms with Gasteiger partial charge in [0.2, 0.25) is 10.9 Å². The summed E-state index contributed by atoms with van der Waals surface area (Å²) in [7, 11) is 0. The summed E-state index contributed by atoms with van der Waals surface area (Å²) in [6.07, 6.45) is -0.353. The highest BCUT2D eigenvalue weighted by molar-refractivity contribution is 6.02. The van der Waals surface area contributed by atoms with Crippen LogP contribution in [0.4, 0.5) is 0 Å².